The fourth-order valence-corrected chi connectivity index (χ4v) is 2.70. The zero-order valence-electron chi connectivity index (χ0n) is 10.2. The summed E-state index contributed by atoms with van der Waals surface area (Å²) >= 11 is 0. The number of phenols is 1. The minimum Gasteiger partial charge on any atom is -0.508 e. The first-order valence-corrected chi connectivity index (χ1v) is 6.28. The number of rotatable bonds is 2. The zero-order chi connectivity index (χ0) is 12.5. The third-order valence-corrected chi connectivity index (χ3v) is 3.70. The van der Waals surface area contributed by atoms with Gasteiger partial charge in [-0.25, -0.2) is 4.79 Å². The second-order valence-corrected chi connectivity index (χ2v) is 4.90. The molecule has 2 amide bonds. The number of phenolic OH excluding ortho intramolecular Hbond substituents is 1. The lowest BCUT2D eigenvalue weighted by atomic mass is 10.1. The van der Waals surface area contributed by atoms with Crippen LogP contribution in [-0.4, -0.2) is 53.2 Å². The molecule has 96 valence electrons. The van der Waals surface area contributed by atoms with E-state index in [4.69, 9.17) is 0 Å². The highest BCUT2D eigenvalue weighted by Gasteiger charge is 2.35. The smallest absolute Gasteiger partial charge is 0.317 e. The first kappa shape index (κ1) is 11.3. The van der Waals surface area contributed by atoms with Gasteiger partial charge in [-0.05, 0) is 6.07 Å². The van der Waals surface area contributed by atoms with Gasteiger partial charge in [-0.2, -0.15) is 0 Å². The molecule has 1 aromatic rings. The molecule has 2 fully saturated rings. The predicted molar refractivity (Wildman–Crippen MR) is 67.3 cm³/mol. The van der Waals surface area contributed by atoms with Crippen LogP contribution in [0.1, 0.15) is 5.56 Å². The number of nitrogens with one attached hydrogen (secondary N) is 1. The van der Waals surface area contributed by atoms with Crippen LogP contribution in [0.5, 0.6) is 5.75 Å². The first-order chi connectivity index (χ1) is 8.74. The minimum atomic E-state index is 0.0576. The molecule has 0 spiro atoms. The summed E-state index contributed by atoms with van der Waals surface area (Å²) in [5.41, 5.74) is 0.947. The van der Waals surface area contributed by atoms with Crippen molar-refractivity contribution in [2.75, 3.05) is 26.2 Å². The standard InChI is InChI=1S/C13H17N3O2/c17-12-4-2-1-3-10(12)8-15-5-6-16-11(9-15)7-14-13(16)18/h1-4,11,17H,5-9H2,(H,14,18). The van der Waals surface area contributed by atoms with Crippen molar-refractivity contribution < 1.29 is 9.90 Å². The average molecular weight is 247 g/mol. The number of aromatic hydroxyl groups is 1. The van der Waals surface area contributed by atoms with Gasteiger partial charge in [0.2, 0.25) is 0 Å². The maximum Gasteiger partial charge on any atom is 0.317 e. The highest BCUT2D eigenvalue weighted by molar-refractivity contribution is 5.77. The van der Waals surface area contributed by atoms with E-state index in [-0.39, 0.29) is 12.1 Å². The molecule has 5 nitrogen and oxygen atoms in total. The molecule has 5 heteroatoms. The first-order valence-electron chi connectivity index (χ1n) is 6.28. The van der Waals surface area contributed by atoms with Crippen molar-refractivity contribution in [2.24, 2.45) is 0 Å². The van der Waals surface area contributed by atoms with E-state index in [1.54, 1.807) is 6.07 Å². The molecule has 0 aliphatic carbocycles. The van der Waals surface area contributed by atoms with Gasteiger partial charge in [0.05, 0.1) is 6.04 Å². The van der Waals surface area contributed by atoms with Crippen LogP contribution in [-0.2, 0) is 6.54 Å². The van der Waals surface area contributed by atoms with Gasteiger partial charge in [0.25, 0.3) is 0 Å². The monoisotopic (exact) mass is 247 g/mol. The molecule has 3 rings (SSSR count). The van der Waals surface area contributed by atoms with E-state index in [0.29, 0.717) is 5.75 Å². The van der Waals surface area contributed by atoms with Crippen LogP contribution in [0.4, 0.5) is 4.79 Å². The molecule has 2 N–H and O–H groups in total. The Bertz CT molecular complexity index is 463. The van der Waals surface area contributed by atoms with Gasteiger partial charge < -0.3 is 15.3 Å². The second-order valence-electron chi connectivity index (χ2n) is 4.90. The lowest BCUT2D eigenvalue weighted by Gasteiger charge is -2.36. The molecular formula is C13H17N3O2. The highest BCUT2D eigenvalue weighted by Crippen LogP contribution is 2.21. The Morgan fingerprint density at radius 2 is 2.17 bits per heavy atom. The maximum absolute atomic E-state index is 11.5. The highest BCUT2D eigenvalue weighted by atomic mass is 16.3. The quantitative estimate of drug-likeness (QED) is 0.804. The van der Waals surface area contributed by atoms with Crippen LogP contribution >= 0.6 is 0 Å². The number of hydrogen-bond donors (Lipinski definition) is 2. The van der Waals surface area contributed by atoms with Crippen molar-refractivity contribution in [3.63, 3.8) is 0 Å². The van der Waals surface area contributed by atoms with Crippen molar-refractivity contribution in [2.45, 2.75) is 12.6 Å². The van der Waals surface area contributed by atoms with Gasteiger partial charge in [0.15, 0.2) is 0 Å². The van der Waals surface area contributed by atoms with Gasteiger partial charge in [-0.15, -0.1) is 0 Å². The fraction of sp³-hybridized carbons (Fsp3) is 0.462. The number of carbonyl (C=O) groups excluding carboxylic acids is 1. The molecule has 0 aromatic heterocycles. The number of urea groups is 1. The lowest BCUT2D eigenvalue weighted by molar-refractivity contribution is 0.116. The number of benzene rings is 1. The molecule has 0 radical (unpaired) electrons. The molecule has 2 aliphatic heterocycles. The number of amides is 2. The van der Waals surface area contributed by atoms with Crippen LogP contribution in [0.25, 0.3) is 0 Å². The lowest BCUT2D eigenvalue weighted by Crippen LogP contribution is -2.51. The fourth-order valence-electron chi connectivity index (χ4n) is 2.70. The summed E-state index contributed by atoms with van der Waals surface area (Å²) < 4.78 is 0. The van der Waals surface area contributed by atoms with Gasteiger partial charge >= 0.3 is 6.03 Å². The molecule has 2 heterocycles. The van der Waals surface area contributed by atoms with Crippen molar-refractivity contribution in [3.05, 3.63) is 29.8 Å². The Labute approximate surface area is 106 Å². The van der Waals surface area contributed by atoms with Crippen molar-refractivity contribution in [1.29, 1.82) is 0 Å². The summed E-state index contributed by atoms with van der Waals surface area (Å²) in [6.45, 7) is 3.97. The van der Waals surface area contributed by atoms with Crippen molar-refractivity contribution >= 4 is 6.03 Å². The summed E-state index contributed by atoms with van der Waals surface area (Å²) in [7, 11) is 0. The number of carbonyl (C=O) groups is 1. The largest absolute Gasteiger partial charge is 0.508 e. The Morgan fingerprint density at radius 3 is 3.00 bits per heavy atom. The molecule has 18 heavy (non-hydrogen) atoms. The number of piperazine rings is 1. The molecule has 2 saturated heterocycles. The van der Waals surface area contributed by atoms with Gasteiger partial charge in [0, 0.05) is 38.3 Å². The van der Waals surface area contributed by atoms with Gasteiger partial charge in [0.1, 0.15) is 5.75 Å². The average Bonchev–Trinajstić information content (AvgIpc) is 2.74. The topological polar surface area (TPSA) is 55.8 Å². The van der Waals surface area contributed by atoms with Crippen LogP contribution in [0.15, 0.2) is 24.3 Å². The van der Waals surface area contributed by atoms with Gasteiger partial charge in [-0.1, -0.05) is 18.2 Å². The number of para-hydroxylation sites is 1. The summed E-state index contributed by atoms with van der Waals surface area (Å²) in [6, 6.07) is 7.76. The number of hydrogen-bond acceptors (Lipinski definition) is 3. The third-order valence-electron chi connectivity index (χ3n) is 3.70. The van der Waals surface area contributed by atoms with E-state index in [1.165, 1.54) is 0 Å². The van der Waals surface area contributed by atoms with Crippen LogP contribution in [0, 0.1) is 0 Å². The van der Waals surface area contributed by atoms with E-state index in [9.17, 15) is 9.90 Å². The Hall–Kier alpha value is -1.75. The van der Waals surface area contributed by atoms with Crippen LogP contribution in [0.2, 0.25) is 0 Å². The Kier molecular flexibility index (Phi) is 2.83. The van der Waals surface area contributed by atoms with Crippen molar-refractivity contribution in [3.8, 4) is 5.75 Å². The van der Waals surface area contributed by atoms with Crippen LogP contribution < -0.4 is 5.32 Å². The Morgan fingerprint density at radius 1 is 1.33 bits per heavy atom. The van der Waals surface area contributed by atoms with E-state index in [0.717, 1.165) is 38.3 Å². The van der Waals surface area contributed by atoms with E-state index in [2.05, 4.69) is 10.2 Å². The number of fused-ring (bicyclic) bond motifs is 1. The Balaban J connectivity index is 1.66. The minimum absolute atomic E-state index is 0.0576. The van der Waals surface area contributed by atoms with E-state index >= 15 is 0 Å². The summed E-state index contributed by atoms with van der Waals surface area (Å²) in [5.74, 6) is 0.348. The predicted octanol–water partition coefficient (Wildman–Crippen LogP) is 0.602. The molecule has 1 atom stereocenters. The maximum atomic E-state index is 11.5. The molecule has 2 aliphatic rings. The summed E-state index contributed by atoms with van der Waals surface area (Å²) in [6.07, 6.45) is 0. The van der Waals surface area contributed by atoms with Crippen LogP contribution in [0.3, 0.4) is 0 Å². The molecule has 1 unspecified atom stereocenters. The number of nitrogens with zero attached hydrogens (tertiary/aromatic N) is 2. The summed E-state index contributed by atoms with van der Waals surface area (Å²) in [4.78, 5) is 15.7. The third kappa shape index (κ3) is 2.01. The molecule has 0 saturated carbocycles. The van der Waals surface area contributed by atoms with Gasteiger partial charge in [-0.3, -0.25) is 4.90 Å². The molecule has 0 bridgehead atoms. The van der Waals surface area contributed by atoms with E-state index < -0.39 is 0 Å². The van der Waals surface area contributed by atoms with E-state index in [1.807, 2.05) is 23.1 Å². The second kappa shape index (κ2) is 4.49. The molecular weight excluding hydrogens is 230 g/mol. The zero-order valence-corrected chi connectivity index (χ0v) is 10.2. The normalized spacial score (nSPS) is 23.9. The molecule has 1 aromatic carbocycles. The SMILES string of the molecule is O=C1NCC2CN(Cc3ccccc3O)CCN12. The summed E-state index contributed by atoms with van der Waals surface area (Å²) in [5, 5.41) is 12.6. The van der Waals surface area contributed by atoms with Crippen molar-refractivity contribution in [1.82, 2.24) is 15.1 Å².